The van der Waals surface area contributed by atoms with Crippen molar-refractivity contribution >= 4 is 27.0 Å². The Morgan fingerprint density at radius 2 is 1.74 bits per heavy atom. The van der Waals surface area contributed by atoms with E-state index in [0.29, 0.717) is 17.0 Å². The van der Waals surface area contributed by atoms with Gasteiger partial charge in [0.25, 0.3) is 10.0 Å². The van der Waals surface area contributed by atoms with E-state index in [0.717, 1.165) is 11.3 Å². The minimum atomic E-state index is -3.85. The lowest BCUT2D eigenvalue weighted by molar-refractivity contribution is 0.386. The number of thiophene rings is 1. The molecule has 8 heteroatoms. The number of halogens is 1. The Hall–Kier alpha value is -2.58. The molecule has 0 aliphatic heterocycles. The average Bonchev–Trinajstić information content (AvgIpc) is 3.22. The first-order valence-electron chi connectivity index (χ1n) is 7.99. The van der Waals surface area contributed by atoms with Gasteiger partial charge in [-0.05, 0) is 41.3 Å². The number of hydrogen-bond donors (Lipinski definition) is 0. The van der Waals surface area contributed by atoms with Crippen LogP contribution in [0, 0.1) is 5.82 Å². The maximum atomic E-state index is 14.1. The highest BCUT2D eigenvalue weighted by Crippen LogP contribution is 2.35. The summed E-state index contributed by atoms with van der Waals surface area (Å²) in [5.41, 5.74) is 0.865. The topological polar surface area (TPSA) is 55.8 Å². The molecular formula is C19H18FNO4S2. The van der Waals surface area contributed by atoms with Crippen LogP contribution in [-0.2, 0) is 16.6 Å². The fourth-order valence-electron chi connectivity index (χ4n) is 2.63. The zero-order chi connectivity index (χ0) is 19.4. The van der Waals surface area contributed by atoms with Gasteiger partial charge in [0.2, 0.25) is 0 Å². The fraction of sp³-hybridized carbons (Fsp3) is 0.158. The molecule has 142 valence electrons. The van der Waals surface area contributed by atoms with E-state index in [1.807, 2.05) is 0 Å². The van der Waals surface area contributed by atoms with Gasteiger partial charge in [-0.2, -0.15) is 0 Å². The monoisotopic (exact) mass is 407 g/mol. The average molecular weight is 407 g/mol. The smallest absolute Gasteiger partial charge is 0.274 e. The van der Waals surface area contributed by atoms with Gasteiger partial charge >= 0.3 is 0 Å². The predicted octanol–water partition coefficient (Wildman–Crippen LogP) is 4.30. The minimum absolute atomic E-state index is 0.0540. The van der Waals surface area contributed by atoms with Gasteiger partial charge in [-0.3, -0.25) is 4.31 Å². The van der Waals surface area contributed by atoms with E-state index in [1.165, 1.54) is 36.7 Å². The van der Waals surface area contributed by atoms with Crippen molar-refractivity contribution in [3.8, 4) is 11.5 Å². The second-order valence-corrected chi connectivity index (χ2v) is 8.62. The Morgan fingerprint density at radius 3 is 2.37 bits per heavy atom. The quantitative estimate of drug-likeness (QED) is 0.586. The van der Waals surface area contributed by atoms with Gasteiger partial charge in [0.05, 0.1) is 26.5 Å². The highest BCUT2D eigenvalue weighted by Gasteiger charge is 2.28. The molecule has 3 aromatic rings. The van der Waals surface area contributed by atoms with Crippen LogP contribution in [0.4, 0.5) is 10.1 Å². The van der Waals surface area contributed by atoms with Crippen LogP contribution >= 0.6 is 11.3 Å². The predicted molar refractivity (Wildman–Crippen MR) is 104 cm³/mol. The number of rotatable bonds is 7. The lowest BCUT2D eigenvalue weighted by Crippen LogP contribution is -2.30. The number of anilines is 1. The third kappa shape index (κ3) is 3.91. The Kier molecular flexibility index (Phi) is 5.67. The molecular weight excluding hydrogens is 389 g/mol. The van der Waals surface area contributed by atoms with E-state index < -0.39 is 15.8 Å². The second kappa shape index (κ2) is 7.98. The first kappa shape index (κ1) is 19.2. The van der Waals surface area contributed by atoms with E-state index in [-0.39, 0.29) is 16.5 Å². The standard InChI is InChI=1S/C19H18FNO4S2/c1-24-17-10-9-14(12-15(17)20)13-21(16-6-3-4-7-18(16)25-2)27(22,23)19-8-5-11-26-19/h3-12H,13H2,1-2H3. The number of ether oxygens (including phenoxy) is 2. The molecule has 0 aliphatic rings. The zero-order valence-corrected chi connectivity index (χ0v) is 16.4. The summed E-state index contributed by atoms with van der Waals surface area (Å²) in [6.45, 7) is -0.0540. The fourth-order valence-corrected chi connectivity index (χ4v) is 5.20. The van der Waals surface area contributed by atoms with E-state index in [4.69, 9.17) is 9.47 Å². The summed E-state index contributed by atoms with van der Waals surface area (Å²) in [6, 6.07) is 14.4. The number of nitrogens with zero attached hydrogens (tertiary/aromatic N) is 1. The summed E-state index contributed by atoms with van der Waals surface area (Å²) in [7, 11) is -1.00. The van der Waals surface area contributed by atoms with Gasteiger partial charge in [-0.1, -0.05) is 24.3 Å². The van der Waals surface area contributed by atoms with Crippen LogP contribution < -0.4 is 13.8 Å². The van der Waals surface area contributed by atoms with Crippen molar-refractivity contribution in [3.63, 3.8) is 0 Å². The van der Waals surface area contributed by atoms with Crippen LogP contribution in [0.1, 0.15) is 5.56 Å². The summed E-state index contributed by atoms with van der Waals surface area (Å²) < 4.78 is 52.3. The first-order valence-corrected chi connectivity index (χ1v) is 10.3. The van der Waals surface area contributed by atoms with E-state index in [1.54, 1.807) is 41.8 Å². The normalized spacial score (nSPS) is 11.2. The van der Waals surface area contributed by atoms with Crippen molar-refractivity contribution in [2.24, 2.45) is 0 Å². The van der Waals surface area contributed by atoms with Gasteiger partial charge in [0, 0.05) is 0 Å². The van der Waals surface area contributed by atoms with Gasteiger partial charge in [-0.15, -0.1) is 11.3 Å². The second-order valence-electron chi connectivity index (χ2n) is 5.58. The molecule has 0 amide bonds. The number of para-hydroxylation sites is 2. The number of methoxy groups -OCH3 is 2. The highest BCUT2D eigenvalue weighted by atomic mass is 32.2. The summed E-state index contributed by atoms with van der Waals surface area (Å²) in [5, 5.41) is 1.69. The molecule has 0 fully saturated rings. The molecule has 0 bridgehead atoms. The lowest BCUT2D eigenvalue weighted by atomic mass is 10.2. The Morgan fingerprint density at radius 1 is 1.00 bits per heavy atom. The minimum Gasteiger partial charge on any atom is -0.495 e. The van der Waals surface area contributed by atoms with E-state index in [2.05, 4.69) is 0 Å². The lowest BCUT2D eigenvalue weighted by Gasteiger charge is -2.25. The summed E-state index contributed by atoms with van der Waals surface area (Å²) in [4.78, 5) is 0. The summed E-state index contributed by atoms with van der Waals surface area (Å²) >= 11 is 1.12. The maximum absolute atomic E-state index is 14.1. The van der Waals surface area contributed by atoms with Gasteiger partial charge in [0.1, 0.15) is 9.96 Å². The van der Waals surface area contributed by atoms with Crippen molar-refractivity contribution < 1.29 is 22.3 Å². The molecule has 0 saturated carbocycles. The van der Waals surface area contributed by atoms with Crippen LogP contribution in [0.2, 0.25) is 0 Å². The Labute approximate surface area is 161 Å². The molecule has 1 aromatic heterocycles. The largest absolute Gasteiger partial charge is 0.495 e. The van der Waals surface area contributed by atoms with Crippen molar-refractivity contribution in [1.82, 2.24) is 0 Å². The summed E-state index contributed by atoms with van der Waals surface area (Å²) in [6.07, 6.45) is 0. The molecule has 0 atom stereocenters. The molecule has 0 radical (unpaired) electrons. The SMILES string of the molecule is COc1ccc(CN(c2ccccc2OC)S(=O)(=O)c2cccs2)cc1F. The maximum Gasteiger partial charge on any atom is 0.274 e. The van der Waals surface area contributed by atoms with Crippen LogP contribution in [0.25, 0.3) is 0 Å². The van der Waals surface area contributed by atoms with Crippen LogP contribution in [0.3, 0.4) is 0 Å². The first-order chi connectivity index (χ1) is 13.0. The molecule has 2 aromatic carbocycles. The summed E-state index contributed by atoms with van der Waals surface area (Å²) in [5.74, 6) is -0.0428. The van der Waals surface area contributed by atoms with Crippen molar-refractivity contribution in [2.45, 2.75) is 10.8 Å². The Balaban J connectivity index is 2.09. The van der Waals surface area contributed by atoms with Crippen LogP contribution in [0.5, 0.6) is 11.5 Å². The molecule has 5 nitrogen and oxygen atoms in total. The molecule has 0 saturated heterocycles. The molecule has 0 N–H and O–H groups in total. The third-order valence-corrected chi connectivity index (χ3v) is 7.07. The van der Waals surface area contributed by atoms with Crippen molar-refractivity contribution in [1.29, 1.82) is 0 Å². The van der Waals surface area contributed by atoms with Crippen LogP contribution in [0.15, 0.2) is 64.2 Å². The molecule has 0 unspecified atom stereocenters. The Bertz CT molecular complexity index is 1020. The third-order valence-electron chi connectivity index (χ3n) is 3.94. The molecule has 0 spiro atoms. The number of benzene rings is 2. The van der Waals surface area contributed by atoms with Crippen molar-refractivity contribution in [3.05, 3.63) is 71.4 Å². The number of hydrogen-bond acceptors (Lipinski definition) is 5. The van der Waals surface area contributed by atoms with Gasteiger partial charge < -0.3 is 9.47 Å². The van der Waals surface area contributed by atoms with Crippen molar-refractivity contribution in [2.75, 3.05) is 18.5 Å². The van der Waals surface area contributed by atoms with E-state index in [9.17, 15) is 12.8 Å². The van der Waals surface area contributed by atoms with E-state index >= 15 is 0 Å². The molecule has 0 aliphatic carbocycles. The van der Waals surface area contributed by atoms with Crippen LogP contribution in [-0.4, -0.2) is 22.6 Å². The van der Waals surface area contributed by atoms with Gasteiger partial charge in [0.15, 0.2) is 11.6 Å². The molecule has 27 heavy (non-hydrogen) atoms. The highest BCUT2D eigenvalue weighted by molar-refractivity contribution is 7.94. The molecule has 1 heterocycles. The zero-order valence-electron chi connectivity index (χ0n) is 14.8. The molecule has 3 rings (SSSR count). The number of sulfonamides is 1. The van der Waals surface area contributed by atoms with Gasteiger partial charge in [-0.25, -0.2) is 12.8 Å².